The number of carbonyl (C=O) groups is 1. The lowest BCUT2D eigenvalue weighted by Gasteiger charge is -2.19. The quantitative estimate of drug-likeness (QED) is 0.851. The van der Waals surface area contributed by atoms with Crippen molar-refractivity contribution in [3.63, 3.8) is 0 Å². The van der Waals surface area contributed by atoms with Crippen molar-refractivity contribution in [3.8, 4) is 0 Å². The average molecular weight is 353 g/mol. The van der Waals surface area contributed by atoms with Gasteiger partial charge < -0.3 is 15.3 Å². The summed E-state index contributed by atoms with van der Waals surface area (Å²) in [7, 11) is 0. The predicted molar refractivity (Wildman–Crippen MR) is 82.6 cm³/mol. The number of hydrogen-bond acceptors (Lipinski definition) is 3. The molecule has 0 aromatic heterocycles. The van der Waals surface area contributed by atoms with Gasteiger partial charge in [0, 0.05) is 31.6 Å². The molecule has 1 fully saturated rings. The molecule has 0 spiro atoms. The minimum Gasteiger partial charge on any atom is -0.387 e. The molecule has 4 nitrogen and oxygen atoms in total. The molecule has 8 heteroatoms. The van der Waals surface area contributed by atoms with Crippen LogP contribution in [0.3, 0.4) is 0 Å². The summed E-state index contributed by atoms with van der Waals surface area (Å²) in [5, 5.41) is 11.5. The van der Waals surface area contributed by atoms with Gasteiger partial charge in [0.05, 0.1) is 6.42 Å². The lowest BCUT2D eigenvalue weighted by molar-refractivity contribution is -0.137. The van der Waals surface area contributed by atoms with Crippen LogP contribution in [0.2, 0.25) is 0 Å². The Morgan fingerprint density at radius 2 is 1.91 bits per heavy atom. The molecule has 1 saturated heterocycles. The van der Waals surface area contributed by atoms with E-state index in [9.17, 15) is 18.0 Å². The first kappa shape index (κ1) is 19.7. The third kappa shape index (κ3) is 6.01. The highest BCUT2D eigenvalue weighted by Gasteiger charge is 2.36. The van der Waals surface area contributed by atoms with E-state index in [1.54, 1.807) is 4.90 Å². The van der Waals surface area contributed by atoms with Crippen molar-refractivity contribution in [3.05, 3.63) is 35.9 Å². The van der Waals surface area contributed by atoms with Crippen molar-refractivity contribution in [2.75, 3.05) is 26.2 Å². The summed E-state index contributed by atoms with van der Waals surface area (Å²) in [5.41, 5.74) is 0.972. The number of halogens is 4. The lowest BCUT2D eigenvalue weighted by atomic mass is 9.94. The summed E-state index contributed by atoms with van der Waals surface area (Å²) in [6.45, 7) is 0.0940. The van der Waals surface area contributed by atoms with E-state index in [-0.39, 0.29) is 30.9 Å². The number of carbonyl (C=O) groups excluding carboxylic acids is 1. The first-order chi connectivity index (χ1) is 10.4. The molecule has 1 aromatic carbocycles. The zero-order valence-corrected chi connectivity index (χ0v) is 13.2. The van der Waals surface area contributed by atoms with Crippen molar-refractivity contribution in [1.82, 2.24) is 10.2 Å². The lowest BCUT2D eigenvalue weighted by Crippen LogP contribution is -2.41. The maximum atomic E-state index is 12.4. The van der Waals surface area contributed by atoms with Crippen LogP contribution in [0.4, 0.5) is 13.2 Å². The van der Waals surface area contributed by atoms with Crippen LogP contribution in [0.15, 0.2) is 30.3 Å². The second kappa shape index (κ2) is 8.52. The van der Waals surface area contributed by atoms with E-state index in [4.69, 9.17) is 5.11 Å². The molecule has 0 saturated carbocycles. The fourth-order valence-electron chi connectivity index (χ4n) is 2.79. The molecular weight excluding hydrogens is 333 g/mol. The van der Waals surface area contributed by atoms with Gasteiger partial charge in [0.15, 0.2) is 0 Å². The maximum Gasteiger partial charge on any atom is 0.390 e. The van der Waals surface area contributed by atoms with Crippen LogP contribution < -0.4 is 5.32 Å². The van der Waals surface area contributed by atoms with Crippen molar-refractivity contribution < 1.29 is 23.1 Å². The van der Waals surface area contributed by atoms with Crippen LogP contribution in [0, 0.1) is 0 Å². The molecule has 1 aromatic rings. The third-order valence-corrected chi connectivity index (χ3v) is 3.82. The van der Waals surface area contributed by atoms with Crippen molar-refractivity contribution >= 4 is 18.3 Å². The Kier molecular flexibility index (Phi) is 7.31. The predicted octanol–water partition coefficient (Wildman–Crippen LogP) is 1.94. The summed E-state index contributed by atoms with van der Waals surface area (Å²) in [6.07, 6.45) is -5.05. The number of alkyl halides is 3. The van der Waals surface area contributed by atoms with E-state index in [0.29, 0.717) is 13.1 Å². The number of nitrogens with zero attached hydrogens (tertiary/aromatic N) is 1. The smallest absolute Gasteiger partial charge is 0.387 e. The molecule has 130 valence electrons. The van der Waals surface area contributed by atoms with Gasteiger partial charge in [-0.2, -0.15) is 13.2 Å². The number of rotatable bonds is 5. The summed E-state index contributed by atoms with van der Waals surface area (Å²) >= 11 is 0. The van der Waals surface area contributed by atoms with Crippen molar-refractivity contribution in [2.45, 2.75) is 24.6 Å². The molecule has 23 heavy (non-hydrogen) atoms. The second-order valence-electron chi connectivity index (χ2n) is 5.47. The molecular formula is C15H20ClF3N2O2. The fraction of sp³-hybridized carbons (Fsp3) is 0.533. The summed E-state index contributed by atoms with van der Waals surface area (Å²) in [5.74, 6) is -0.589. The molecule has 0 radical (unpaired) electrons. The minimum absolute atomic E-state index is 0. The Morgan fingerprint density at radius 1 is 1.26 bits per heavy atom. The maximum absolute atomic E-state index is 12.4. The molecule has 2 N–H and O–H groups in total. The topological polar surface area (TPSA) is 52.6 Å². The van der Waals surface area contributed by atoms with Crippen LogP contribution in [0.5, 0.6) is 0 Å². The normalized spacial score (nSPS) is 21.7. The van der Waals surface area contributed by atoms with Crippen LogP contribution in [0.25, 0.3) is 0 Å². The van der Waals surface area contributed by atoms with Crippen LogP contribution in [-0.4, -0.2) is 54.4 Å². The van der Waals surface area contributed by atoms with E-state index in [1.807, 2.05) is 30.3 Å². The Hall–Kier alpha value is -1.31. The number of hydrogen-bond donors (Lipinski definition) is 2. The van der Waals surface area contributed by atoms with Crippen molar-refractivity contribution in [1.29, 1.82) is 0 Å². The van der Waals surface area contributed by atoms with E-state index >= 15 is 0 Å². The number of aliphatic hydroxyl groups excluding tert-OH is 1. The molecule has 1 aliphatic rings. The average Bonchev–Trinajstić information content (AvgIpc) is 2.88. The monoisotopic (exact) mass is 352 g/mol. The molecule has 1 amide bonds. The molecule has 2 rings (SSSR count). The molecule has 0 unspecified atom stereocenters. The van der Waals surface area contributed by atoms with Gasteiger partial charge in [-0.05, 0) is 5.56 Å². The molecule has 1 heterocycles. The van der Waals surface area contributed by atoms with E-state index in [1.165, 1.54) is 0 Å². The standard InChI is InChI=1S/C15H19F3N2O2.ClH/c16-15(17,18)6-7-20-8-12(11-4-2-1-3-5-11)13(9-20)19-14(22)10-21;/h1-5,12-13,21H,6-10H2,(H,19,22);1H/t12-,13+;/m1./s1. The Bertz CT molecular complexity index is 499. The van der Waals surface area contributed by atoms with Gasteiger partial charge >= 0.3 is 6.18 Å². The van der Waals surface area contributed by atoms with Crippen molar-refractivity contribution in [2.24, 2.45) is 0 Å². The van der Waals surface area contributed by atoms with E-state index in [0.717, 1.165) is 5.56 Å². The van der Waals surface area contributed by atoms with Gasteiger partial charge in [-0.1, -0.05) is 30.3 Å². The van der Waals surface area contributed by atoms with Crippen LogP contribution in [-0.2, 0) is 4.79 Å². The van der Waals surface area contributed by atoms with Crippen LogP contribution >= 0.6 is 12.4 Å². The highest BCUT2D eigenvalue weighted by atomic mass is 35.5. The van der Waals surface area contributed by atoms with Gasteiger partial charge in [0.25, 0.3) is 0 Å². The Morgan fingerprint density at radius 3 is 2.48 bits per heavy atom. The Balaban J connectivity index is 0.00000264. The first-order valence-corrected chi connectivity index (χ1v) is 7.13. The molecule has 1 aliphatic heterocycles. The van der Waals surface area contributed by atoms with E-state index in [2.05, 4.69) is 5.32 Å². The summed E-state index contributed by atoms with van der Waals surface area (Å²) in [4.78, 5) is 13.1. The fourth-order valence-corrected chi connectivity index (χ4v) is 2.79. The largest absolute Gasteiger partial charge is 0.390 e. The van der Waals surface area contributed by atoms with Gasteiger partial charge in [-0.15, -0.1) is 12.4 Å². The SMILES string of the molecule is Cl.O=C(CO)N[C@H]1CN(CCC(F)(F)F)C[C@@H]1c1ccccc1. The van der Waals surface area contributed by atoms with Gasteiger partial charge in [0.2, 0.25) is 5.91 Å². The highest BCUT2D eigenvalue weighted by Crippen LogP contribution is 2.29. The number of nitrogens with one attached hydrogen (secondary N) is 1. The van der Waals surface area contributed by atoms with Crippen LogP contribution in [0.1, 0.15) is 17.9 Å². The zero-order chi connectivity index (χ0) is 16.2. The third-order valence-electron chi connectivity index (χ3n) is 3.82. The van der Waals surface area contributed by atoms with Gasteiger partial charge in [0.1, 0.15) is 6.61 Å². The molecule has 2 atom stereocenters. The number of amides is 1. The summed E-state index contributed by atoms with van der Waals surface area (Å²) in [6, 6.07) is 9.08. The minimum atomic E-state index is -4.19. The molecule has 0 bridgehead atoms. The second-order valence-corrected chi connectivity index (χ2v) is 5.47. The molecule has 0 aliphatic carbocycles. The first-order valence-electron chi connectivity index (χ1n) is 7.13. The van der Waals surface area contributed by atoms with Gasteiger partial charge in [-0.3, -0.25) is 4.79 Å². The Labute approximate surface area is 139 Å². The highest BCUT2D eigenvalue weighted by molar-refractivity contribution is 5.85. The zero-order valence-electron chi connectivity index (χ0n) is 12.4. The number of likely N-dealkylation sites (tertiary alicyclic amines) is 1. The number of aliphatic hydroxyl groups is 1. The van der Waals surface area contributed by atoms with Gasteiger partial charge in [-0.25, -0.2) is 0 Å². The number of benzene rings is 1. The van der Waals surface area contributed by atoms with E-state index < -0.39 is 25.1 Å². The summed E-state index contributed by atoms with van der Waals surface area (Å²) < 4.78 is 37.1.